The lowest BCUT2D eigenvalue weighted by Crippen LogP contribution is -2.07. The molecule has 0 radical (unpaired) electrons. The monoisotopic (exact) mass is 284 g/mol. The third kappa shape index (κ3) is 2.94. The number of rotatable bonds is 5. The van der Waals surface area contributed by atoms with Crippen LogP contribution in [0.25, 0.3) is 0 Å². The molecule has 2 aromatic rings. The van der Waals surface area contributed by atoms with Crippen LogP contribution in [0.1, 0.15) is 33.2 Å². The molecule has 2 rings (SSSR count). The van der Waals surface area contributed by atoms with Crippen LogP contribution in [0.5, 0.6) is 11.5 Å². The molecule has 0 aromatic heterocycles. The molecule has 0 aliphatic carbocycles. The summed E-state index contributed by atoms with van der Waals surface area (Å²) in [5.74, 6) is 0.660. The van der Waals surface area contributed by atoms with E-state index in [2.05, 4.69) is 0 Å². The molecule has 0 unspecified atom stereocenters. The number of ketones is 2. The van der Waals surface area contributed by atoms with E-state index in [0.29, 0.717) is 28.2 Å². The molecule has 0 aliphatic rings. The standard InChI is InChI=1S/C17H16O4/c1-11(18)12-7-9-13(10-8-12)17(19)16-14(20-2)5-4-6-15(16)21-3/h4-10H,1-3H3. The Labute approximate surface area is 123 Å². The summed E-state index contributed by atoms with van der Waals surface area (Å²) in [6, 6.07) is 11.7. The van der Waals surface area contributed by atoms with Crippen LogP contribution in [0, 0.1) is 0 Å². The van der Waals surface area contributed by atoms with E-state index in [1.165, 1.54) is 21.1 Å². The van der Waals surface area contributed by atoms with Crippen molar-refractivity contribution in [2.75, 3.05) is 14.2 Å². The molecule has 4 heteroatoms. The summed E-state index contributed by atoms with van der Waals surface area (Å²) in [6.07, 6.45) is 0. The van der Waals surface area contributed by atoms with Gasteiger partial charge in [0.15, 0.2) is 5.78 Å². The van der Waals surface area contributed by atoms with Crippen LogP contribution in [0.4, 0.5) is 0 Å². The van der Waals surface area contributed by atoms with Crippen molar-refractivity contribution in [1.29, 1.82) is 0 Å². The largest absolute Gasteiger partial charge is 0.496 e. The molecule has 0 N–H and O–H groups in total. The van der Waals surface area contributed by atoms with Crippen LogP contribution < -0.4 is 9.47 Å². The Morgan fingerprint density at radius 1 is 0.810 bits per heavy atom. The third-order valence-corrected chi connectivity index (χ3v) is 3.21. The Bertz CT molecular complexity index is 649. The zero-order chi connectivity index (χ0) is 15.4. The van der Waals surface area contributed by atoms with E-state index in [4.69, 9.17) is 9.47 Å². The SMILES string of the molecule is COc1cccc(OC)c1C(=O)c1ccc(C(C)=O)cc1. The first-order valence-electron chi connectivity index (χ1n) is 6.45. The Balaban J connectivity index is 2.46. The molecule has 0 heterocycles. The first-order chi connectivity index (χ1) is 10.1. The lowest BCUT2D eigenvalue weighted by Gasteiger charge is -2.12. The van der Waals surface area contributed by atoms with Crippen LogP contribution in [0.3, 0.4) is 0 Å². The summed E-state index contributed by atoms with van der Waals surface area (Å²) in [5, 5.41) is 0. The fourth-order valence-electron chi connectivity index (χ4n) is 2.08. The van der Waals surface area contributed by atoms with Crippen LogP contribution in [-0.4, -0.2) is 25.8 Å². The maximum Gasteiger partial charge on any atom is 0.200 e. The topological polar surface area (TPSA) is 52.6 Å². The van der Waals surface area contributed by atoms with E-state index in [-0.39, 0.29) is 11.6 Å². The fraction of sp³-hybridized carbons (Fsp3) is 0.176. The van der Waals surface area contributed by atoms with Crippen molar-refractivity contribution in [3.8, 4) is 11.5 Å². The Morgan fingerprint density at radius 2 is 1.29 bits per heavy atom. The van der Waals surface area contributed by atoms with E-state index < -0.39 is 0 Å². The number of benzene rings is 2. The van der Waals surface area contributed by atoms with Gasteiger partial charge in [0, 0.05) is 11.1 Å². The van der Waals surface area contributed by atoms with Gasteiger partial charge in [-0.25, -0.2) is 0 Å². The average Bonchev–Trinajstić information content (AvgIpc) is 2.53. The van der Waals surface area contributed by atoms with Crippen LogP contribution in [0.2, 0.25) is 0 Å². The molecule has 0 spiro atoms. The predicted octanol–water partition coefficient (Wildman–Crippen LogP) is 3.14. The molecule has 0 amide bonds. The van der Waals surface area contributed by atoms with Crippen molar-refractivity contribution in [3.63, 3.8) is 0 Å². The lowest BCUT2D eigenvalue weighted by molar-refractivity contribution is 0.101. The van der Waals surface area contributed by atoms with Gasteiger partial charge in [-0.1, -0.05) is 30.3 Å². The van der Waals surface area contributed by atoms with Crippen LogP contribution >= 0.6 is 0 Å². The Hall–Kier alpha value is -2.62. The smallest absolute Gasteiger partial charge is 0.200 e. The highest BCUT2D eigenvalue weighted by Crippen LogP contribution is 2.30. The molecule has 4 nitrogen and oxygen atoms in total. The summed E-state index contributed by atoms with van der Waals surface area (Å²) < 4.78 is 10.5. The van der Waals surface area contributed by atoms with Crippen molar-refractivity contribution in [2.24, 2.45) is 0 Å². The third-order valence-electron chi connectivity index (χ3n) is 3.21. The molecular weight excluding hydrogens is 268 g/mol. The summed E-state index contributed by atoms with van der Waals surface area (Å²) in [7, 11) is 3.01. The molecule has 0 atom stereocenters. The highest BCUT2D eigenvalue weighted by atomic mass is 16.5. The van der Waals surface area contributed by atoms with Gasteiger partial charge in [0.1, 0.15) is 17.1 Å². The first-order valence-corrected chi connectivity index (χ1v) is 6.45. The second kappa shape index (κ2) is 6.22. The number of Topliss-reactive ketones (excluding diaryl/α,β-unsaturated/α-hetero) is 1. The number of hydrogen-bond donors (Lipinski definition) is 0. The van der Waals surface area contributed by atoms with E-state index in [1.807, 2.05) is 0 Å². The highest BCUT2D eigenvalue weighted by molar-refractivity contribution is 6.12. The normalized spacial score (nSPS) is 10.0. The number of hydrogen-bond acceptors (Lipinski definition) is 4. The second-order valence-corrected chi connectivity index (χ2v) is 4.50. The maximum absolute atomic E-state index is 12.6. The minimum atomic E-state index is -0.209. The summed E-state index contributed by atoms with van der Waals surface area (Å²) in [5.41, 5.74) is 1.42. The molecule has 0 saturated carbocycles. The van der Waals surface area contributed by atoms with Crippen molar-refractivity contribution in [3.05, 3.63) is 59.2 Å². The van der Waals surface area contributed by atoms with Crippen molar-refractivity contribution in [2.45, 2.75) is 6.92 Å². The average molecular weight is 284 g/mol. The van der Waals surface area contributed by atoms with Gasteiger partial charge in [0.2, 0.25) is 5.78 Å². The summed E-state index contributed by atoms with van der Waals surface area (Å²) in [4.78, 5) is 23.9. The predicted molar refractivity (Wildman–Crippen MR) is 79.4 cm³/mol. The maximum atomic E-state index is 12.6. The van der Waals surface area contributed by atoms with E-state index in [9.17, 15) is 9.59 Å². The Morgan fingerprint density at radius 3 is 1.71 bits per heavy atom. The number of ether oxygens (including phenoxy) is 2. The molecule has 2 aromatic carbocycles. The first kappa shape index (κ1) is 14.8. The van der Waals surface area contributed by atoms with Crippen molar-refractivity contribution in [1.82, 2.24) is 0 Å². The van der Waals surface area contributed by atoms with Gasteiger partial charge in [-0.15, -0.1) is 0 Å². The minimum Gasteiger partial charge on any atom is -0.496 e. The summed E-state index contributed by atoms with van der Waals surface area (Å²) in [6.45, 7) is 1.49. The highest BCUT2D eigenvalue weighted by Gasteiger charge is 2.19. The molecule has 0 saturated heterocycles. The zero-order valence-electron chi connectivity index (χ0n) is 12.2. The number of carbonyl (C=O) groups is 2. The van der Waals surface area contributed by atoms with Crippen molar-refractivity contribution < 1.29 is 19.1 Å². The van der Waals surface area contributed by atoms with Crippen LogP contribution in [-0.2, 0) is 0 Å². The van der Waals surface area contributed by atoms with E-state index in [1.54, 1.807) is 42.5 Å². The lowest BCUT2D eigenvalue weighted by atomic mass is 9.99. The number of methoxy groups -OCH3 is 2. The van der Waals surface area contributed by atoms with E-state index >= 15 is 0 Å². The van der Waals surface area contributed by atoms with Crippen molar-refractivity contribution >= 4 is 11.6 Å². The van der Waals surface area contributed by atoms with E-state index in [0.717, 1.165) is 0 Å². The number of carbonyl (C=O) groups excluding carboxylic acids is 2. The zero-order valence-corrected chi connectivity index (χ0v) is 12.2. The summed E-state index contributed by atoms with van der Waals surface area (Å²) >= 11 is 0. The quantitative estimate of drug-likeness (QED) is 0.791. The minimum absolute atomic E-state index is 0.0381. The van der Waals surface area contributed by atoms with Gasteiger partial charge in [-0.2, -0.15) is 0 Å². The van der Waals surface area contributed by atoms with Gasteiger partial charge in [0.05, 0.1) is 14.2 Å². The van der Waals surface area contributed by atoms with Gasteiger partial charge >= 0.3 is 0 Å². The molecule has 0 aliphatic heterocycles. The van der Waals surface area contributed by atoms with Gasteiger partial charge in [0.25, 0.3) is 0 Å². The van der Waals surface area contributed by atoms with Gasteiger partial charge < -0.3 is 9.47 Å². The molecule has 21 heavy (non-hydrogen) atoms. The Kier molecular flexibility index (Phi) is 4.38. The van der Waals surface area contributed by atoms with Gasteiger partial charge in [-0.3, -0.25) is 9.59 Å². The molecule has 108 valence electrons. The molecular formula is C17H16O4. The van der Waals surface area contributed by atoms with Gasteiger partial charge in [-0.05, 0) is 19.1 Å². The fourth-order valence-corrected chi connectivity index (χ4v) is 2.08. The second-order valence-electron chi connectivity index (χ2n) is 4.50. The van der Waals surface area contributed by atoms with Crippen LogP contribution in [0.15, 0.2) is 42.5 Å². The molecule has 0 fully saturated rings. The molecule has 0 bridgehead atoms.